The molecule has 3 nitrogen and oxygen atoms in total. The highest BCUT2D eigenvalue weighted by molar-refractivity contribution is 6.04. The molecule has 3 rings (SSSR count). The third-order valence-corrected chi connectivity index (χ3v) is 3.95. The number of likely N-dealkylation sites (N-methyl/N-ethyl adjacent to an activating group) is 1. The van der Waals surface area contributed by atoms with Gasteiger partial charge in [0.25, 0.3) is 0 Å². The summed E-state index contributed by atoms with van der Waals surface area (Å²) in [4.78, 5) is 11.8. The molecule has 3 aliphatic rings. The standard InChI is InChI=1S/C15H17NO2/c1-16-14-7-9-3-4-12(18-2)6-10-5-11(17)8-13(14)15(9)10/h5-6,8,14,16H,3-4,7H2,1-2H3. The van der Waals surface area contributed by atoms with E-state index in [9.17, 15) is 4.79 Å². The lowest BCUT2D eigenvalue weighted by Crippen LogP contribution is -2.26. The van der Waals surface area contributed by atoms with Crippen LogP contribution in [0.3, 0.4) is 0 Å². The molecule has 3 heteroatoms. The number of allylic oxidation sites excluding steroid dienone is 5. The van der Waals surface area contributed by atoms with Crippen molar-refractivity contribution < 1.29 is 9.53 Å². The molecule has 0 aromatic rings. The van der Waals surface area contributed by atoms with Gasteiger partial charge in [0.2, 0.25) is 0 Å². The van der Waals surface area contributed by atoms with Gasteiger partial charge in [0.05, 0.1) is 12.9 Å². The van der Waals surface area contributed by atoms with E-state index in [1.54, 1.807) is 19.3 Å². The highest BCUT2D eigenvalue weighted by Crippen LogP contribution is 2.43. The van der Waals surface area contributed by atoms with E-state index in [-0.39, 0.29) is 5.78 Å². The van der Waals surface area contributed by atoms with Gasteiger partial charge in [-0.05, 0) is 54.8 Å². The van der Waals surface area contributed by atoms with Crippen LogP contribution in [0, 0.1) is 0 Å². The topological polar surface area (TPSA) is 38.3 Å². The first-order valence-corrected chi connectivity index (χ1v) is 6.34. The molecule has 1 unspecified atom stereocenters. The second-order valence-electron chi connectivity index (χ2n) is 4.94. The van der Waals surface area contributed by atoms with Crippen molar-refractivity contribution in [1.29, 1.82) is 0 Å². The van der Waals surface area contributed by atoms with Gasteiger partial charge in [0.15, 0.2) is 5.78 Å². The second kappa shape index (κ2) is 4.25. The van der Waals surface area contributed by atoms with Crippen LogP contribution in [0.4, 0.5) is 0 Å². The maximum absolute atomic E-state index is 11.8. The zero-order valence-corrected chi connectivity index (χ0v) is 10.7. The molecule has 0 aromatic carbocycles. The number of carbonyl (C=O) groups excluding carboxylic acids is 1. The Balaban J connectivity index is 2.10. The molecule has 18 heavy (non-hydrogen) atoms. The minimum Gasteiger partial charge on any atom is -0.501 e. The summed E-state index contributed by atoms with van der Waals surface area (Å²) in [6.07, 6.45) is 8.47. The molecule has 0 fully saturated rings. The van der Waals surface area contributed by atoms with Crippen molar-refractivity contribution >= 4 is 5.78 Å². The summed E-state index contributed by atoms with van der Waals surface area (Å²) in [5, 5.41) is 3.30. The van der Waals surface area contributed by atoms with E-state index >= 15 is 0 Å². The Labute approximate surface area is 107 Å². The van der Waals surface area contributed by atoms with Crippen molar-refractivity contribution in [3.05, 3.63) is 46.3 Å². The molecule has 0 saturated heterocycles. The summed E-state index contributed by atoms with van der Waals surface area (Å²) in [5.41, 5.74) is 4.91. The van der Waals surface area contributed by atoms with Crippen LogP contribution in [0.25, 0.3) is 0 Å². The Morgan fingerprint density at radius 3 is 2.83 bits per heavy atom. The molecule has 94 valence electrons. The zero-order valence-electron chi connectivity index (χ0n) is 10.7. The predicted molar refractivity (Wildman–Crippen MR) is 70.0 cm³/mol. The van der Waals surface area contributed by atoms with E-state index in [0.717, 1.165) is 36.2 Å². The summed E-state index contributed by atoms with van der Waals surface area (Å²) >= 11 is 0. The van der Waals surface area contributed by atoms with Crippen molar-refractivity contribution in [1.82, 2.24) is 5.32 Å². The lowest BCUT2D eigenvalue weighted by Gasteiger charge is -2.17. The highest BCUT2D eigenvalue weighted by atomic mass is 16.5. The Morgan fingerprint density at radius 1 is 1.28 bits per heavy atom. The molecular formula is C15H17NO2. The van der Waals surface area contributed by atoms with Gasteiger partial charge < -0.3 is 10.1 Å². The zero-order chi connectivity index (χ0) is 12.7. The van der Waals surface area contributed by atoms with Crippen molar-refractivity contribution in [2.24, 2.45) is 0 Å². The number of carbonyl (C=O) groups is 1. The van der Waals surface area contributed by atoms with Crippen LogP contribution in [0.2, 0.25) is 0 Å². The summed E-state index contributed by atoms with van der Waals surface area (Å²) < 4.78 is 5.36. The molecule has 0 spiro atoms. The van der Waals surface area contributed by atoms with Gasteiger partial charge in [-0.1, -0.05) is 5.57 Å². The summed E-state index contributed by atoms with van der Waals surface area (Å²) in [7, 11) is 3.65. The van der Waals surface area contributed by atoms with Crippen LogP contribution in [0.5, 0.6) is 0 Å². The SMILES string of the molecule is CNC1CC2=C3C(=CC(=O)C=C31)C=C(OC)CC2. The molecule has 0 aliphatic heterocycles. The van der Waals surface area contributed by atoms with Crippen molar-refractivity contribution in [3.63, 3.8) is 0 Å². The van der Waals surface area contributed by atoms with Crippen LogP contribution >= 0.6 is 0 Å². The van der Waals surface area contributed by atoms with Gasteiger partial charge >= 0.3 is 0 Å². The van der Waals surface area contributed by atoms with Gasteiger partial charge in [-0.15, -0.1) is 0 Å². The van der Waals surface area contributed by atoms with E-state index in [1.165, 1.54) is 11.1 Å². The van der Waals surface area contributed by atoms with E-state index in [4.69, 9.17) is 4.74 Å². The van der Waals surface area contributed by atoms with Crippen LogP contribution in [0.1, 0.15) is 19.3 Å². The second-order valence-corrected chi connectivity index (χ2v) is 4.94. The van der Waals surface area contributed by atoms with Gasteiger partial charge in [-0.2, -0.15) is 0 Å². The number of nitrogens with one attached hydrogen (secondary N) is 1. The average Bonchev–Trinajstić information content (AvgIpc) is 2.61. The number of methoxy groups -OCH3 is 1. The van der Waals surface area contributed by atoms with Gasteiger partial charge in [-0.3, -0.25) is 4.79 Å². The van der Waals surface area contributed by atoms with Crippen molar-refractivity contribution in [3.8, 4) is 0 Å². The highest BCUT2D eigenvalue weighted by Gasteiger charge is 2.33. The van der Waals surface area contributed by atoms with Gasteiger partial charge in [-0.25, -0.2) is 0 Å². The first kappa shape index (κ1) is 11.5. The molecule has 3 aliphatic carbocycles. The fraction of sp³-hybridized carbons (Fsp3) is 0.400. The normalized spacial score (nSPS) is 26.2. The maximum Gasteiger partial charge on any atom is 0.179 e. The molecule has 0 radical (unpaired) electrons. The smallest absolute Gasteiger partial charge is 0.179 e. The fourth-order valence-corrected chi connectivity index (χ4v) is 3.08. The number of ether oxygens (including phenoxy) is 1. The van der Waals surface area contributed by atoms with E-state index in [1.807, 2.05) is 13.1 Å². The summed E-state index contributed by atoms with van der Waals surface area (Å²) in [6, 6.07) is 0.292. The van der Waals surface area contributed by atoms with Crippen LogP contribution in [-0.4, -0.2) is 26.0 Å². The third kappa shape index (κ3) is 1.66. The molecule has 0 bridgehead atoms. The Hall–Kier alpha value is -1.61. The molecule has 0 aromatic heterocycles. The molecule has 1 N–H and O–H groups in total. The monoisotopic (exact) mass is 243 g/mol. The van der Waals surface area contributed by atoms with Gasteiger partial charge in [0, 0.05) is 12.5 Å². The number of rotatable bonds is 2. The Morgan fingerprint density at radius 2 is 2.11 bits per heavy atom. The number of ketones is 1. The maximum atomic E-state index is 11.8. The predicted octanol–water partition coefficient (Wildman–Crippen LogP) is 2.03. The van der Waals surface area contributed by atoms with Crippen LogP contribution < -0.4 is 5.32 Å². The molecule has 0 heterocycles. The molecule has 0 amide bonds. The van der Waals surface area contributed by atoms with Crippen LogP contribution in [0.15, 0.2) is 46.3 Å². The number of hydrogen-bond donors (Lipinski definition) is 1. The van der Waals surface area contributed by atoms with E-state index in [2.05, 4.69) is 5.32 Å². The minimum absolute atomic E-state index is 0.0823. The van der Waals surface area contributed by atoms with Crippen LogP contribution in [-0.2, 0) is 9.53 Å². The molecule has 1 atom stereocenters. The summed E-state index contributed by atoms with van der Waals surface area (Å²) in [5.74, 6) is 1.05. The van der Waals surface area contributed by atoms with Gasteiger partial charge in [0.1, 0.15) is 0 Å². The Kier molecular flexibility index (Phi) is 2.71. The Bertz CT molecular complexity index is 535. The molecule has 0 saturated carbocycles. The fourth-order valence-electron chi connectivity index (χ4n) is 3.08. The quantitative estimate of drug-likeness (QED) is 0.806. The first-order valence-electron chi connectivity index (χ1n) is 6.34. The first-order chi connectivity index (χ1) is 8.72. The molecular weight excluding hydrogens is 226 g/mol. The van der Waals surface area contributed by atoms with E-state index < -0.39 is 0 Å². The third-order valence-electron chi connectivity index (χ3n) is 3.95. The number of hydrogen-bond acceptors (Lipinski definition) is 3. The van der Waals surface area contributed by atoms with Crippen molar-refractivity contribution in [2.45, 2.75) is 25.3 Å². The van der Waals surface area contributed by atoms with Crippen molar-refractivity contribution in [2.75, 3.05) is 14.2 Å². The lowest BCUT2D eigenvalue weighted by molar-refractivity contribution is -0.110. The lowest BCUT2D eigenvalue weighted by atomic mass is 9.91. The van der Waals surface area contributed by atoms with E-state index in [0.29, 0.717) is 6.04 Å². The summed E-state index contributed by atoms with van der Waals surface area (Å²) in [6.45, 7) is 0. The average molecular weight is 243 g/mol. The minimum atomic E-state index is 0.0823. The largest absolute Gasteiger partial charge is 0.501 e.